The largest absolute Gasteiger partial charge is 0.493 e. The first kappa shape index (κ1) is 14.8. The molecule has 104 valence electrons. The number of hydrogen-bond acceptors (Lipinski definition) is 2. The second-order valence-electron chi connectivity index (χ2n) is 4.66. The van der Waals surface area contributed by atoms with Gasteiger partial charge in [-0.25, -0.2) is 0 Å². The molecule has 0 atom stereocenters. The van der Waals surface area contributed by atoms with Crippen LogP contribution in [0.4, 0.5) is 0 Å². The van der Waals surface area contributed by atoms with Gasteiger partial charge in [0.05, 0.1) is 12.2 Å². The molecule has 2 aromatic carbocycles. The van der Waals surface area contributed by atoms with E-state index < -0.39 is 0 Å². The third-order valence-corrected chi connectivity index (χ3v) is 3.48. The topological polar surface area (TPSA) is 26.3 Å². The van der Waals surface area contributed by atoms with Crippen molar-refractivity contribution in [1.29, 1.82) is 0 Å². The zero-order valence-corrected chi connectivity index (χ0v) is 13.2. The van der Waals surface area contributed by atoms with Crippen LogP contribution < -0.4 is 4.74 Å². The fourth-order valence-corrected chi connectivity index (χ4v) is 2.47. The molecule has 0 radical (unpaired) electrons. The summed E-state index contributed by atoms with van der Waals surface area (Å²) in [4.78, 5) is 12.5. The predicted octanol–water partition coefficient (Wildman–Crippen LogP) is 4.58. The van der Waals surface area contributed by atoms with Gasteiger partial charge in [0, 0.05) is 10.9 Å². The van der Waals surface area contributed by atoms with Crippen molar-refractivity contribution < 1.29 is 9.53 Å². The van der Waals surface area contributed by atoms with Crippen LogP contribution in [0.2, 0.25) is 0 Å². The lowest BCUT2D eigenvalue weighted by molar-refractivity contribution is 0.0989. The molecular formula is C17H17BrO2. The van der Waals surface area contributed by atoms with Crippen LogP contribution in [-0.4, -0.2) is 12.4 Å². The van der Waals surface area contributed by atoms with Gasteiger partial charge < -0.3 is 4.74 Å². The highest BCUT2D eigenvalue weighted by atomic mass is 79.9. The van der Waals surface area contributed by atoms with Crippen LogP contribution in [0.5, 0.6) is 5.75 Å². The smallest absolute Gasteiger partial charge is 0.170 e. The lowest BCUT2D eigenvalue weighted by Crippen LogP contribution is -2.07. The summed E-state index contributed by atoms with van der Waals surface area (Å²) in [5, 5.41) is 0. The van der Waals surface area contributed by atoms with E-state index in [2.05, 4.69) is 15.9 Å². The van der Waals surface area contributed by atoms with Crippen molar-refractivity contribution in [3.05, 3.63) is 63.6 Å². The van der Waals surface area contributed by atoms with Crippen LogP contribution >= 0.6 is 15.9 Å². The lowest BCUT2D eigenvalue weighted by atomic mass is 10.0. The van der Waals surface area contributed by atoms with Crippen LogP contribution in [0.1, 0.15) is 28.4 Å². The van der Waals surface area contributed by atoms with Crippen molar-refractivity contribution in [2.45, 2.75) is 20.3 Å². The number of aryl methyl sites for hydroxylation is 1. The maximum atomic E-state index is 12.5. The maximum absolute atomic E-state index is 12.5. The van der Waals surface area contributed by atoms with E-state index in [1.54, 1.807) is 0 Å². The zero-order valence-electron chi connectivity index (χ0n) is 11.7. The first-order valence-electron chi connectivity index (χ1n) is 6.61. The summed E-state index contributed by atoms with van der Waals surface area (Å²) in [5.74, 6) is 0.716. The molecule has 0 amide bonds. The van der Waals surface area contributed by atoms with Crippen molar-refractivity contribution in [2.75, 3.05) is 6.61 Å². The predicted molar refractivity (Wildman–Crippen MR) is 84.5 cm³/mol. The van der Waals surface area contributed by atoms with Crippen molar-refractivity contribution in [3.63, 3.8) is 0 Å². The second kappa shape index (κ2) is 6.71. The Bertz CT molecular complexity index is 620. The summed E-state index contributed by atoms with van der Waals surface area (Å²) in [7, 11) is 0. The highest BCUT2D eigenvalue weighted by Crippen LogP contribution is 2.25. The van der Waals surface area contributed by atoms with E-state index in [-0.39, 0.29) is 5.78 Å². The molecule has 2 rings (SSSR count). The molecule has 0 bridgehead atoms. The van der Waals surface area contributed by atoms with Gasteiger partial charge in [-0.2, -0.15) is 0 Å². The molecule has 3 heteroatoms. The zero-order chi connectivity index (χ0) is 14.5. The average molecular weight is 333 g/mol. The number of halogens is 1. The fraction of sp³-hybridized carbons (Fsp3) is 0.235. The second-order valence-corrected chi connectivity index (χ2v) is 5.58. The molecule has 2 aromatic rings. The van der Waals surface area contributed by atoms with Crippen LogP contribution in [0, 0.1) is 6.92 Å². The fourth-order valence-electron chi connectivity index (χ4n) is 2.10. The monoisotopic (exact) mass is 332 g/mol. The molecule has 0 fully saturated rings. The van der Waals surface area contributed by atoms with Crippen LogP contribution in [-0.2, 0) is 6.42 Å². The molecule has 0 aliphatic carbocycles. The minimum atomic E-state index is 0.0698. The molecule has 0 saturated carbocycles. The normalized spacial score (nSPS) is 10.3. The Balaban J connectivity index is 2.26. The molecule has 0 heterocycles. The van der Waals surface area contributed by atoms with Gasteiger partial charge >= 0.3 is 0 Å². The highest BCUT2D eigenvalue weighted by molar-refractivity contribution is 9.10. The number of Topliss-reactive ketones (excluding diaryl/α,β-unsaturated/α-hetero) is 1. The van der Waals surface area contributed by atoms with Gasteiger partial charge in [-0.05, 0) is 37.6 Å². The summed E-state index contributed by atoms with van der Waals surface area (Å²) in [6, 6.07) is 13.6. The summed E-state index contributed by atoms with van der Waals surface area (Å²) in [5.41, 5.74) is 2.81. The number of carbonyl (C=O) groups is 1. The van der Waals surface area contributed by atoms with Crippen molar-refractivity contribution in [3.8, 4) is 5.75 Å². The highest BCUT2D eigenvalue weighted by Gasteiger charge is 2.13. The molecule has 0 unspecified atom stereocenters. The molecule has 2 nitrogen and oxygen atoms in total. The molecule has 0 aromatic heterocycles. The van der Waals surface area contributed by atoms with Gasteiger partial charge in [-0.15, -0.1) is 0 Å². The number of hydrogen-bond donors (Lipinski definition) is 0. The quantitative estimate of drug-likeness (QED) is 0.749. The van der Waals surface area contributed by atoms with Gasteiger partial charge in [-0.1, -0.05) is 45.8 Å². The van der Waals surface area contributed by atoms with Crippen LogP contribution in [0.25, 0.3) is 0 Å². The summed E-state index contributed by atoms with van der Waals surface area (Å²) in [6.07, 6.45) is 0.387. The lowest BCUT2D eigenvalue weighted by Gasteiger charge is -2.10. The van der Waals surface area contributed by atoms with Crippen LogP contribution in [0.15, 0.2) is 46.9 Å². The molecule has 0 N–H and O–H groups in total. The summed E-state index contributed by atoms with van der Waals surface area (Å²) < 4.78 is 6.42. The molecule has 0 aliphatic rings. The van der Waals surface area contributed by atoms with Gasteiger partial charge in [0.15, 0.2) is 5.78 Å². The van der Waals surface area contributed by atoms with E-state index in [0.717, 1.165) is 15.6 Å². The maximum Gasteiger partial charge on any atom is 0.170 e. The third-order valence-electron chi connectivity index (χ3n) is 2.99. The van der Waals surface area contributed by atoms with Crippen molar-refractivity contribution in [1.82, 2.24) is 0 Å². The molecule has 0 saturated heterocycles. The Labute approximate surface area is 127 Å². The Morgan fingerprint density at radius 2 is 2.00 bits per heavy atom. The van der Waals surface area contributed by atoms with Gasteiger partial charge in [0.2, 0.25) is 0 Å². The SMILES string of the molecule is CCOc1ccc(Br)cc1C(=O)Cc1cccc(C)c1. The first-order valence-corrected chi connectivity index (χ1v) is 7.40. The van der Waals surface area contributed by atoms with Gasteiger partial charge in [0.25, 0.3) is 0 Å². The summed E-state index contributed by atoms with van der Waals surface area (Å²) >= 11 is 3.40. The number of ether oxygens (including phenoxy) is 1. The minimum Gasteiger partial charge on any atom is -0.493 e. The number of ketones is 1. The van der Waals surface area contributed by atoms with E-state index in [1.807, 2.05) is 56.3 Å². The molecular weight excluding hydrogens is 316 g/mol. The van der Waals surface area contributed by atoms with Gasteiger partial charge in [-0.3, -0.25) is 4.79 Å². The standard InChI is InChI=1S/C17H17BrO2/c1-3-20-17-8-7-14(18)11-15(17)16(19)10-13-6-4-5-12(2)9-13/h4-9,11H,3,10H2,1-2H3. The Morgan fingerprint density at radius 3 is 2.70 bits per heavy atom. The Kier molecular flexibility index (Phi) is 4.96. The van der Waals surface area contributed by atoms with E-state index in [9.17, 15) is 4.79 Å². The Morgan fingerprint density at radius 1 is 1.20 bits per heavy atom. The van der Waals surface area contributed by atoms with E-state index in [0.29, 0.717) is 24.3 Å². The number of benzene rings is 2. The van der Waals surface area contributed by atoms with Crippen molar-refractivity contribution >= 4 is 21.7 Å². The molecule has 0 spiro atoms. The average Bonchev–Trinajstić information content (AvgIpc) is 2.41. The summed E-state index contributed by atoms with van der Waals surface area (Å²) in [6.45, 7) is 4.49. The van der Waals surface area contributed by atoms with E-state index >= 15 is 0 Å². The van der Waals surface area contributed by atoms with E-state index in [4.69, 9.17) is 4.74 Å². The van der Waals surface area contributed by atoms with E-state index in [1.165, 1.54) is 0 Å². The van der Waals surface area contributed by atoms with Gasteiger partial charge in [0.1, 0.15) is 5.75 Å². The third kappa shape index (κ3) is 3.70. The minimum absolute atomic E-state index is 0.0698. The first-order chi connectivity index (χ1) is 9.60. The number of carbonyl (C=O) groups excluding carboxylic acids is 1. The molecule has 0 aliphatic heterocycles. The molecule has 20 heavy (non-hydrogen) atoms. The Hall–Kier alpha value is -1.61. The van der Waals surface area contributed by atoms with Crippen LogP contribution in [0.3, 0.4) is 0 Å². The number of rotatable bonds is 5. The van der Waals surface area contributed by atoms with Crippen molar-refractivity contribution in [2.24, 2.45) is 0 Å².